The molecule has 1 atom stereocenters. The summed E-state index contributed by atoms with van der Waals surface area (Å²) in [4.78, 5) is 0. The standard InChI is InChI=1S/C16H16BrF2NO/c1-2-8-21-11-5-3-4-10(9-11)16(20)14-13(18)7-6-12(17)15(14)19/h3-7,9,16H,2,8,20H2,1H3. The first-order chi connectivity index (χ1) is 10.0. The van der Waals surface area contributed by atoms with Crippen LogP contribution in [0.2, 0.25) is 0 Å². The topological polar surface area (TPSA) is 35.2 Å². The summed E-state index contributed by atoms with van der Waals surface area (Å²) in [5, 5.41) is 0. The predicted octanol–water partition coefficient (Wildman–Crippen LogP) is 4.56. The first-order valence-electron chi connectivity index (χ1n) is 6.66. The maximum Gasteiger partial charge on any atom is 0.145 e. The molecular formula is C16H16BrF2NO. The van der Waals surface area contributed by atoms with Crippen LogP contribution >= 0.6 is 15.9 Å². The molecular weight excluding hydrogens is 340 g/mol. The summed E-state index contributed by atoms with van der Waals surface area (Å²) in [5.41, 5.74) is 6.47. The van der Waals surface area contributed by atoms with Crippen LogP contribution in [-0.4, -0.2) is 6.61 Å². The van der Waals surface area contributed by atoms with Crippen molar-refractivity contribution in [2.45, 2.75) is 19.4 Å². The van der Waals surface area contributed by atoms with Crippen molar-refractivity contribution in [2.24, 2.45) is 5.73 Å². The number of benzene rings is 2. The number of halogens is 3. The zero-order chi connectivity index (χ0) is 15.4. The number of nitrogens with two attached hydrogens (primary N) is 1. The molecule has 0 bridgehead atoms. The molecule has 112 valence electrons. The lowest BCUT2D eigenvalue weighted by Gasteiger charge is -2.16. The minimum Gasteiger partial charge on any atom is -0.494 e. The van der Waals surface area contributed by atoms with Crippen LogP contribution in [0.15, 0.2) is 40.9 Å². The monoisotopic (exact) mass is 355 g/mol. The summed E-state index contributed by atoms with van der Waals surface area (Å²) in [7, 11) is 0. The van der Waals surface area contributed by atoms with Gasteiger partial charge in [0, 0.05) is 5.56 Å². The van der Waals surface area contributed by atoms with Crippen molar-refractivity contribution in [3.05, 3.63) is 63.6 Å². The van der Waals surface area contributed by atoms with Crippen LogP contribution in [0.25, 0.3) is 0 Å². The van der Waals surface area contributed by atoms with E-state index in [1.54, 1.807) is 24.3 Å². The van der Waals surface area contributed by atoms with Gasteiger partial charge in [0.2, 0.25) is 0 Å². The Bertz CT molecular complexity index is 634. The van der Waals surface area contributed by atoms with Gasteiger partial charge in [-0.05, 0) is 52.2 Å². The second-order valence-electron chi connectivity index (χ2n) is 4.66. The Kier molecular flexibility index (Phi) is 5.31. The summed E-state index contributed by atoms with van der Waals surface area (Å²) in [6.45, 7) is 2.58. The third-order valence-corrected chi connectivity index (χ3v) is 3.69. The van der Waals surface area contributed by atoms with Gasteiger partial charge in [-0.2, -0.15) is 0 Å². The third kappa shape index (κ3) is 3.60. The highest BCUT2D eigenvalue weighted by Gasteiger charge is 2.20. The summed E-state index contributed by atoms with van der Waals surface area (Å²) in [6, 6.07) is 8.60. The highest BCUT2D eigenvalue weighted by atomic mass is 79.9. The molecule has 0 heterocycles. The molecule has 0 saturated carbocycles. The maximum absolute atomic E-state index is 14.1. The molecule has 21 heavy (non-hydrogen) atoms. The van der Waals surface area contributed by atoms with Crippen LogP contribution in [0.3, 0.4) is 0 Å². The molecule has 0 amide bonds. The highest BCUT2D eigenvalue weighted by molar-refractivity contribution is 9.10. The van der Waals surface area contributed by atoms with E-state index in [-0.39, 0.29) is 10.0 Å². The van der Waals surface area contributed by atoms with E-state index in [2.05, 4.69) is 15.9 Å². The molecule has 0 aliphatic rings. The highest BCUT2D eigenvalue weighted by Crippen LogP contribution is 2.30. The number of rotatable bonds is 5. The molecule has 2 N–H and O–H groups in total. The van der Waals surface area contributed by atoms with Gasteiger partial charge in [-0.3, -0.25) is 0 Å². The average molecular weight is 356 g/mol. The predicted molar refractivity (Wildman–Crippen MR) is 82.3 cm³/mol. The summed E-state index contributed by atoms with van der Waals surface area (Å²) in [5.74, 6) is -0.703. The zero-order valence-electron chi connectivity index (χ0n) is 11.6. The van der Waals surface area contributed by atoms with Crippen molar-refractivity contribution >= 4 is 15.9 Å². The Morgan fingerprint density at radius 3 is 2.71 bits per heavy atom. The molecule has 1 unspecified atom stereocenters. The van der Waals surface area contributed by atoms with E-state index < -0.39 is 17.7 Å². The van der Waals surface area contributed by atoms with Gasteiger partial charge in [0.25, 0.3) is 0 Å². The van der Waals surface area contributed by atoms with Crippen molar-refractivity contribution in [3.63, 3.8) is 0 Å². The van der Waals surface area contributed by atoms with Crippen LogP contribution in [0, 0.1) is 11.6 Å². The molecule has 2 aromatic carbocycles. The van der Waals surface area contributed by atoms with Crippen molar-refractivity contribution in [1.82, 2.24) is 0 Å². The summed E-state index contributed by atoms with van der Waals surface area (Å²) < 4.78 is 33.7. The lowest BCUT2D eigenvalue weighted by Crippen LogP contribution is -2.16. The molecule has 0 fully saturated rings. The molecule has 0 spiro atoms. The van der Waals surface area contributed by atoms with Gasteiger partial charge in [-0.25, -0.2) is 8.78 Å². The van der Waals surface area contributed by atoms with Gasteiger partial charge in [0.1, 0.15) is 17.4 Å². The van der Waals surface area contributed by atoms with Gasteiger partial charge < -0.3 is 10.5 Å². The Hall–Kier alpha value is -1.46. The Balaban J connectivity index is 2.36. The fraction of sp³-hybridized carbons (Fsp3) is 0.250. The van der Waals surface area contributed by atoms with Gasteiger partial charge in [-0.1, -0.05) is 19.1 Å². The Morgan fingerprint density at radius 2 is 2.00 bits per heavy atom. The van der Waals surface area contributed by atoms with E-state index in [0.29, 0.717) is 17.9 Å². The Labute approximate surface area is 131 Å². The van der Waals surface area contributed by atoms with Crippen LogP contribution in [0.4, 0.5) is 8.78 Å². The quantitative estimate of drug-likeness (QED) is 0.797. The third-order valence-electron chi connectivity index (χ3n) is 3.08. The number of hydrogen-bond acceptors (Lipinski definition) is 2. The summed E-state index contributed by atoms with van der Waals surface area (Å²) >= 11 is 3.05. The van der Waals surface area contributed by atoms with E-state index in [0.717, 1.165) is 6.42 Å². The van der Waals surface area contributed by atoms with Crippen molar-refractivity contribution in [1.29, 1.82) is 0 Å². The lowest BCUT2D eigenvalue weighted by atomic mass is 9.98. The van der Waals surface area contributed by atoms with Crippen molar-refractivity contribution in [3.8, 4) is 5.75 Å². The molecule has 2 aromatic rings. The van der Waals surface area contributed by atoms with Gasteiger partial charge in [0.05, 0.1) is 17.1 Å². The van der Waals surface area contributed by atoms with Crippen LogP contribution in [-0.2, 0) is 0 Å². The first-order valence-corrected chi connectivity index (χ1v) is 7.45. The van der Waals surface area contributed by atoms with Gasteiger partial charge in [-0.15, -0.1) is 0 Å². The van der Waals surface area contributed by atoms with Crippen molar-refractivity contribution in [2.75, 3.05) is 6.61 Å². The zero-order valence-corrected chi connectivity index (χ0v) is 13.2. The minimum atomic E-state index is -0.896. The molecule has 0 aliphatic heterocycles. The van der Waals surface area contributed by atoms with E-state index in [9.17, 15) is 8.78 Å². The second-order valence-corrected chi connectivity index (χ2v) is 5.51. The lowest BCUT2D eigenvalue weighted by molar-refractivity contribution is 0.317. The average Bonchev–Trinajstić information content (AvgIpc) is 2.49. The number of ether oxygens (including phenoxy) is 1. The summed E-state index contributed by atoms with van der Waals surface area (Å²) in [6.07, 6.45) is 0.880. The van der Waals surface area contributed by atoms with Crippen LogP contribution in [0.5, 0.6) is 5.75 Å². The van der Waals surface area contributed by atoms with Crippen molar-refractivity contribution < 1.29 is 13.5 Å². The number of hydrogen-bond donors (Lipinski definition) is 1. The van der Waals surface area contributed by atoms with Crippen LogP contribution in [0.1, 0.15) is 30.5 Å². The minimum absolute atomic E-state index is 0.156. The van der Waals surface area contributed by atoms with Gasteiger partial charge in [0.15, 0.2) is 0 Å². The maximum atomic E-state index is 14.1. The Morgan fingerprint density at radius 1 is 1.24 bits per heavy atom. The van der Waals surface area contributed by atoms with E-state index in [4.69, 9.17) is 10.5 Å². The smallest absolute Gasteiger partial charge is 0.145 e. The molecule has 0 radical (unpaired) electrons. The SMILES string of the molecule is CCCOc1cccc(C(N)c2c(F)ccc(Br)c2F)c1. The molecule has 0 saturated heterocycles. The molecule has 2 nitrogen and oxygen atoms in total. The largest absolute Gasteiger partial charge is 0.494 e. The first kappa shape index (κ1) is 15.9. The van der Waals surface area contributed by atoms with E-state index in [1.165, 1.54) is 12.1 Å². The second kappa shape index (κ2) is 7.00. The molecule has 0 aliphatic carbocycles. The van der Waals surface area contributed by atoms with Crippen LogP contribution < -0.4 is 10.5 Å². The fourth-order valence-corrected chi connectivity index (χ4v) is 2.36. The van der Waals surface area contributed by atoms with E-state index >= 15 is 0 Å². The fourth-order valence-electron chi connectivity index (χ4n) is 2.01. The molecule has 5 heteroatoms. The van der Waals surface area contributed by atoms with E-state index in [1.807, 2.05) is 6.92 Å². The van der Waals surface area contributed by atoms with Gasteiger partial charge >= 0.3 is 0 Å². The normalized spacial score (nSPS) is 12.2. The molecule has 2 rings (SSSR count). The molecule has 0 aromatic heterocycles.